The van der Waals surface area contributed by atoms with Gasteiger partial charge in [-0.05, 0) is 12.1 Å². The Hall–Kier alpha value is -2.00. The van der Waals surface area contributed by atoms with Crippen LogP contribution >= 0.6 is 11.3 Å². The lowest BCUT2D eigenvalue weighted by Crippen LogP contribution is -2.11. The van der Waals surface area contributed by atoms with E-state index in [0.717, 1.165) is 11.3 Å². The summed E-state index contributed by atoms with van der Waals surface area (Å²) in [6.07, 6.45) is 3.75. The smallest absolute Gasteiger partial charge is 0.308 e. The molecule has 0 saturated carbocycles. The van der Waals surface area contributed by atoms with Crippen molar-refractivity contribution in [2.24, 2.45) is 0 Å². The van der Waals surface area contributed by atoms with Crippen LogP contribution in [-0.4, -0.2) is 29.5 Å². The monoisotopic (exact) mass is 299 g/mol. The van der Waals surface area contributed by atoms with Crippen LogP contribution in [0.5, 0.6) is 0 Å². The number of thiophene rings is 1. The van der Waals surface area contributed by atoms with Gasteiger partial charge in [0, 0.05) is 4.88 Å². The first-order chi connectivity index (χ1) is 8.97. The quantitative estimate of drug-likeness (QED) is 0.851. The fourth-order valence-corrected chi connectivity index (χ4v) is 3.68. The highest BCUT2D eigenvalue weighted by Crippen LogP contribution is 2.24. The largest absolute Gasteiger partial charge is 0.481 e. The normalized spacial score (nSPS) is 11.2. The summed E-state index contributed by atoms with van der Waals surface area (Å²) < 4.78 is 26.4. The second-order valence-corrected chi connectivity index (χ2v) is 6.60. The Morgan fingerprint density at radius 2 is 2.00 bits per heavy atom. The highest BCUT2D eigenvalue weighted by molar-refractivity contribution is 7.94. The van der Waals surface area contributed by atoms with E-state index in [1.54, 1.807) is 0 Å². The van der Waals surface area contributed by atoms with Gasteiger partial charge in [-0.1, -0.05) is 0 Å². The van der Waals surface area contributed by atoms with E-state index in [4.69, 9.17) is 5.11 Å². The van der Waals surface area contributed by atoms with Gasteiger partial charge in [-0.15, -0.1) is 11.3 Å². The predicted octanol–water partition coefficient (Wildman–Crippen LogP) is 0.966. The van der Waals surface area contributed by atoms with Crippen LogP contribution in [0.4, 0.5) is 5.69 Å². The maximum absolute atomic E-state index is 12.0. The van der Waals surface area contributed by atoms with Crippen molar-refractivity contribution >= 4 is 33.0 Å². The molecule has 2 rings (SSSR count). The number of carboxylic acid groups (broad SMARTS) is 1. The molecule has 0 aliphatic carbocycles. The number of hydrogen-bond donors (Lipinski definition) is 2. The lowest BCUT2D eigenvalue weighted by atomic mass is 10.3. The zero-order chi connectivity index (χ0) is 13.9. The van der Waals surface area contributed by atoms with Gasteiger partial charge in [0.05, 0.1) is 24.5 Å². The topological polar surface area (TPSA) is 109 Å². The summed E-state index contributed by atoms with van der Waals surface area (Å²) in [4.78, 5) is 18.4. The van der Waals surface area contributed by atoms with Gasteiger partial charge in [-0.2, -0.15) is 0 Å². The lowest BCUT2D eigenvalue weighted by Gasteiger charge is -2.04. The van der Waals surface area contributed by atoms with Crippen LogP contribution in [-0.2, 0) is 21.2 Å². The SMILES string of the molecule is O=C(O)Cc1ccc(S(=O)(=O)Nc2cncnc2)s1. The first-order valence-electron chi connectivity index (χ1n) is 5.06. The minimum atomic E-state index is -3.73. The number of sulfonamides is 1. The molecule has 0 radical (unpaired) electrons. The number of aliphatic carboxylic acids is 1. The molecule has 0 unspecified atom stereocenters. The Morgan fingerprint density at radius 3 is 2.63 bits per heavy atom. The number of nitrogens with zero attached hydrogens (tertiary/aromatic N) is 2. The zero-order valence-corrected chi connectivity index (χ0v) is 11.1. The van der Waals surface area contributed by atoms with Gasteiger partial charge in [0.2, 0.25) is 0 Å². The molecule has 19 heavy (non-hydrogen) atoms. The molecule has 0 amide bonds. The maximum Gasteiger partial charge on any atom is 0.308 e. The van der Waals surface area contributed by atoms with Crippen LogP contribution in [0.1, 0.15) is 4.88 Å². The van der Waals surface area contributed by atoms with E-state index < -0.39 is 16.0 Å². The molecular weight excluding hydrogens is 290 g/mol. The average molecular weight is 299 g/mol. The molecule has 0 atom stereocenters. The predicted molar refractivity (Wildman–Crippen MR) is 68.5 cm³/mol. The van der Waals surface area contributed by atoms with Crippen molar-refractivity contribution in [1.82, 2.24) is 9.97 Å². The Bertz CT molecular complexity index is 682. The van der Waals surface area contributed by atoms with Crippen molar-refractivity contribution in [3.63, 3.8) is 0 Å². The number of carboxylic acids is 1. The van der Waals surface area contributed by atoms with Crippen LogP contribution in [0.2, 0.25) is 0 Å². The van der Waals surface area contributed by atoms with Crippen molar-refractivity contribution in [3.05, 3.63) is 35.7 Å². The summed E-state index contributed by atoms with van der Waals surface area (Å²) in [6.45, 7) is 0. The van der Waals surface area contributed by atoms with Crippen LogP contribution < -0.4 is 4.72 Å². The maximum atomic E-state index is 12.0. The molecule has 9 heteroatoms. The highest BCUT2D eigenvalue weighted by Gasteiger charge is 2.17. The van der Waals surface area contributed by atoms with Gasteiger partial charge < -0.3 is 5.11 Å². The standard InChI is InChI=1S/C10H9N3O4S2/c14-9(15)3-8-1-2-10(18-8)19(16,17)13-7-4-11-6-12-5-7/h1-2,4-6,13H,3H2,(H,14,15). The number of aromatic nitrogens is 2. The third-order valence-electron chi connectivity index (χ3n) is 2.04. The van der Waals surface area contributed by atoms with Crippen LogP contribution in [0.25, 0.3) is 0 Å². The first-order valence-corrected chi connectivity index (χ1v) is 7.36. The molecule has 100 valence electrons. The van der Waals surface area contributed by atoms with E-state index in [-0.39, 0.29) is 16.3 Å². The van der Waals surface area contributed by atoms with Gasteiger partial charge in [-0.3, -0.25) is 9.52 Å². The van der Waals surface area contributed by atoms with E-state index in [2.05, 4.69) is 14.7 Å². The molecule has 0 fully saturated rings. The third-order valence-corrected chi connectivity index (χ3v) is 5.00. The average Bonchev–Trinajstić information content (AvgIpc) is 2.78. The van der Waals surface area contributed by atoms with E-state index in [1.807, 2.05) is 0 Å². The molecule has 7 nitrogen and oxygen atoms in total. The van der Waals surface area contributed by atoms with Crippen molar-refractivity contribution in [2.45, 2.75) is 10.6 Å². The fraction of sp³-hybridized carbons (Fsp3) is 0.100. The van der Waals surface area contributed by atoms with Gasteiger partial charge in [0.15, 0.2) is 0 Å². The summed E-state index contributed by atoms with van der Waals surface area (Å²) in [5.74, 6) is -1.00. The third kappa shape index (κ3) is 3.48. The van der Waals surface area contributed by atoms with Gasteiger partial charge in [-0.25, -0.2) is 18.4 Å². The summed E-state index contributed by atoms with van der Waals surface area (Å²) in [5, 5.41) is 8.64. The molecule has 0 aromatic carbocycles. The second kappa shape index (κ2) is 5.33. The Kier molecular flexibility index (Phi) is 3.76. The highest BCUT2D eigenvalue weighted by atomic mass is 32.2. The first kappa shape index (κ1) is 13.4. The molecule has 2 aromatic heterocycles. The number of nitrogens with one attached hydrogen (secondary N) is 1. The molecule has 2 heterocycles. The van der Waals surface area contributed by atoms with Gasteiger partial charge in [0.1, 0.15) is 10.5 Å². The van der Waals surface area contributed by atoms with Crippen molar-refractivity contribution in [2.75, 3.05) is 4.72 Å². The fourth-order valence-electron chi connectivity index (χ4n) is 1.30. The minimum absolute atomic E-state index is 0.0487. The van der Waals surface area contributed by atoms with E-state index in [0.29, 0.717) is 4.88 Å². The summed E-state index contributed by atoms with van der Waals surface area (Å²) in [6, 6.07) is 2.85. The van der Waals surface area contributed by atoms with Crippen molar-refractivity contribution < 1.29 is 18.3 Å². The van der Waals surface area contributed by atoms with Gasteiger partial charge in [0.25, 0.3) is 10.0 Å². The van der Waals surface area contributed by atoms with Crippen molar-refractivity contribution in [1.29, 1.82) is 0 Å². The molecule has 2 aromatic rings. The van der Waals surface area contributed by atoms with Gasteiger partial charge >= 0.3 is 5.97 Å². The van der Waals surface area contributed by atoms with Crippen LogP contribution in [0, 0.1) is 0 Å². The van der Waals surface area contributed by atoms with Crippen LogP contribution in [0.3, 0.4) is 0 Å². The zero-order valence-electron chi connectivity index (χ0n) is 9.48. The van der Waals surface area contributed by atoms with E-state index in [9.17, 15) is 13.2 Å². The Morgan fingerprint density at radius 1 is 1.32 bits per heavy atom. The minimum Gasteiger partial charge on any atom is -0.481 e. The molecule has 0 saturated heterocycles. The molecular formula is C10H9N3O4S2. The molecule has 0 aliphatic heterocycles. The number of rotatable bonds is 5. The molecule has 2 N–H and O–H groups in total. The molecule has 0 bridgehead atoms. The summed E-state index contributed by atoms with van der Waals surface area (Å²) in [5.41, 5.74) is 0.246. The number of carbonyl (C=O) groups is 1. The summed E-state index contributed by atoms with van der Waals surface area (Å²) in [7, 11) is -3.73. The molecule has 0 spiro atoms. The lowest BCUT2D eigenvalue weighted by molar-refractivity contribution is -0.136. The Labute approximate surface area is 113 Å². The van der Waals surface area contributed by atoms with Crippen LogP contribution in [0.15, 0.2) is 35.1 Å². The Balaban J connectivity index is 2.20. The van der Waals surface area contributed by atoms with E-state index >= 15 is 0 Å². The van der Waals surface area contributed by atoms with Crippen molar-refractivity contribution in [3.8, 4) is 0 Å². The molecule has 0 aliphatic rings. The number of anilines is 1. The second-order valence-electron chi connectivity index (χ2n) is 3.52. The summed E-state index contributed by atoms with van der Waals surface area (Å²) >= 11 is 0.915. The van der Waals surface area contributed by atoms with E-state index in [1.165, 1.54) is 30.9 Å². The number of hydrogen-bond acceptors (Lipinski definition) is 6.